The van der Waals surface area contributed by atoms with Gasteiger partial charge in [-0.15, -0.1) is 0 Å². The summed E-state index contributed by atoms with van der Waals surface area (Å²) < 4.78 is 34.3. The third kappa shape index (κ3) is 72.0. The highest BCUT2D eigenvalue weighted by molar-refractivity contribution is 7.45. The number of allylic oxidation sites excluding steroid dienone is 16. The predicted molar refractivity (Wildman–Crippen MR) is 379 cm³/mol. The van der Waals surface area contributed by atoms with Gasteiger partial charge >= 0.3 is 11.9 Å². The van der Waals surface area contributed by atoms with Crippen molar-refractivity contribution in [1.29, 1.82) is 0 Å². The number of carbonyl (C=O) groups excluding carboxylic acids is 2. The maximum absolute atomic E-state index is 12.9. The molecule has 0 aliphatic carbocycles. The second-order valence-corrected chi connectivity index (χ2v) is 27.3. The summed E-state index contributed by atoms with van der Waals surface area (Å²) >= 11 is 0. The van der Waals surface area contributed by atoms with Crippen LogP contribution in [0.4, 0.5) is 0 Å². The first kappa shape index (κ1) is 84.9. The van der Waals surface area contributed by atoms with Crippen LogP contribution in [0.3, 0.4) is 0 Å². The minimum Gasteiger partial charge on any atom is -0.756 e. The lowest BCUT2D eigenvalue weighted by atomic mass is 10.0. The molecule has 88 heavy (non-hydrogen) atoms. The SMILES string of the molecule is CC/C=C\C/C=C\C/C=C\C/C=C\C/C=C\C/C=C\C/C=C\C/C=C\CCCCCCCCCCC(=O)OC(COC(=O)CCCCCCCCCCCCCCCCCCCCCCCCCCCCCCCCC)COP(=O)([O-])OCC[N+](C)(C)C. The van der Waals surface area contributed by atoms with E-state index in [1.807, 2.05) is 21.1 Å². The zero-order valence-electron chi connectivity index (χ0n) is 58.2. The molecule has 10 heteroatoms. The highest BCUT2D eigenvalue weighted by Crippen LogP contribution is 2.38. The first-order valence-electron chi connectivity index (χ1n) is 36.9. The van der Waals surface area contributed by atoms with Crippen molar-refractivity contribution in [2.75, 3.05) is 47.5 Å². The van der Waals surface area contributed by atoms with E-state index >= 15 is 0 Å². The van der Waals surface area contributed by atoms with Crippen molar-refractivity contribution in [3.8, 4) is 0 Å². The summed E-state index contributed by atoms with van der Waals surface area (Å²) in [5.74, 6) is -0.833. The van der Waals surface area contributed by atoms with Crippen LogP contribution in [0.15, 0.2) is 97.2 Å². The lowest BCUT2D eigenvalue weighted by Gasteiger charge is -2.28. The van der Waals surface area contributed by atoms with Crippen LogP contribution >= 0.6 is 7.82 Å². The molecule has 2 atom stereocenters. The number of phosphoric acid groups is 1. The van der Waals surface area contributed by atoms with Crippen molar-refractivity contribution < 1.29 is 42.1 Å². The van der Waals surface area contributed by atoms with E-state index in [4.69, 9.17) is 18.5 Å². The Balaban J connectivity index is 4.05. The van der Waals surface area contributed by atoms with Gasteiger partial charge in [-0.3, -0.25) is 14.2 Å². The van der Waals surface area contributed by atoms with Crippen LogP contribution in [-0.2, 0) is 32.7 Å². The number of likely N-dealkylation sites (N-methyl/N-ethyl adjacent to an activating group) is 1. The van der Waals surface area contributed by atoms with Crippen LogP contribution in [0.25, 0.3) is 0 Å². The van der Waals surface area contributed by atoms with E-state index in [2.05, 4.69) is 111 Å². The maximum atomic E-state index is 12.9. The van der Waals surface area contributed by atoms with Crippen LogP contribution in [0.2, 0.25) is 0 Å². The smallest absolute Gasteiger partial charge is 0.306 e. The zero-order chi connectivity index (χ0) is 64.1. The molecular formula is C78H140NO8P. The molecule has 0 bridgehead atoms. The number of unbranched alkanes of at least 4 members (excludes halogenated alkanes) is 38. The Hall–Kier alpha value is -3.07. The van der Waals surface area contributed by atoms with Gasteiger partial charge in [0.1, 0.15) is 19.8 Å². The van der Waals surface area contributed by atoms with Gasteiger partial charge in [-0.25, -0.2) is 0 Å². The summed E-state index contributed by atoms with van der Waals surface area (Å²) in [4.78, 5) is 38.1. The summed E-state index contributed by atoms with van der Waals surface area (Å²) in [5, 5.41) is 0. The van der Waals surface area contributed by atoms with Gasteiger partial charge in [-0.1, -0.05) is 342 Å². The number of hydrogen-bond acceptors (Lipinski definition) is 8. The van der Waals surface area contributed by atoms with Gasteiger partial charge in [0.15, 0.2) is 6.10 Å². The van der Waals surface area contributed by atoms with E-state index in [9.17, 15) is 19.0 Å². The molecule has 0 heterocycles. The third-order valence-corrected chi connectivity index (χ3v) is 17.1. The largest absolute Gasteiger partial charge is 0.756 e. The number of phosphoric ester groups is 1. The molecule has 9 nitrogen and oxygen atoms in total. The fourth-order valence-corrected chi connectivity index (χ4v) is 11.2. The van der Waals surface area contributed by atoms with Gasteiger partial charge in [0, 0.05) is 12.8 Å². The van der Waals surface area contributed by atoms with Crippen molar-refractivity contribution in [3.63, 3.8) is 0 Å². The Morgan fingerprint density at radius 2 is 0.648 bits per heavy atom. The second-order valence-electron chi connectivity index (χ2n) is 25.9. The molecular weight excluding hydrogens is 1110 g/mol. The Kier molecular flexibility index (Phi) is 65.9. The molecule has 0 aromatic rings. The molecule has 0 aromatic heterocycles. The quantitative estimate of drug-likeness (QED) is 0.0195. The number of ether oxygens (including phenoxy) is 2. The fourth-order valence-electron chi connectivity index (χ4n) is 10.5. The van der Waals surface area contributed by atoms with Crippen LogP contribution < -0.4 is 4.89 Å². The van der Waals surface area contributed by atoms with Gasteiger partial charge in [-0.2, -0.15) is 0 Å². The van der Waals surface area contributed by atoms with Crippen molar-refractivity contribution >= 4 is 19.8 Å². The zero-order valence-corrected chi connectivity index (χ0v) is 59.1. The summed E-state index contributed by atoms with van der Waals surface area (Å²) in [6, 6.07) is 0. The molecule has 0 spiro atoms. The highest BCUT2D eigenvalue weighted by atomic mass is 31.2. The summed E-state index contributed by atoms with van der Waals surface area (Å²) in [7, 11) is 1.16. The average molecular weight is 1250 g/mol. The van der Waals surface area contributed by atoms with Gasteiger partial charge < -0.3 is 27.9 Å². The van der Waals surface area contributed by atoms with Crippen LogP contribution in [0.5, 0.6) is 0 Å². The Morgan fingerprint density at radius 1 is 0.364 bits per heavy atom. The minimum absolute atomic E-state index is 0.0352. The molecule has 0 aromatic carbocycles. The molecule has 0 amide bonds. The summed E-state index contributed by atoms with van der Waals surface area (Å²) in [6.45, 7) is 4.16. The average Bonchev–Trinajstić information content (AvgIpc) is 3.56. The van der Waals surface area contributed by atoms with Crippen LogP contribution in [-0.4, -0.2) is 70.0 Å². The van der Waals surface area contributed by atoms with Crippen molar-refractivity contribution in [2.45, 2.75) is 341 Å². The fraction of sp³-hybridized carbons (Fsp3) is 0.769. The molecule has 0 fully saturated rings. The first-order chi connectivity index (χ1) is 43.0. The molecule has 510 valence electrons. The lowest BCUT2D eigenvalue weighted by Crippen LogP contribution is -2.37. The normalized spacial score (nSPS) is 13.7. The van der Waals surface area contributed by atoms with Gasteiger partial charge in [0.25, 0.3) is 7.82 Å². The first-order valence-corrected chi connectivity index (χ1v) is 38.4. The van der Waals surface area contributed by atoms with Crippen LogP contribution in [0.1, 0.15) is 335 Å². The number of esters is 2. The molecule has 0 saturated carbocycles. The molecule has 0 aliphatic rings. The summed E-state index contributed by atoms with van der Waals surface area (Å²) in [5.41, 5.74) is 0. The third-order valence-electron chi connectivity index (χ3n) is 16.1. The molecule has 0 saturated heterocycles. The van der Waals surface area contributed by atoms with Crippen molar-refractivity contribution in [3.05, 3.63) is 97.2 Å². The molecule has 0 aliphatic heterocycles. The molecule has 0 rings (SSSR count). The monoisotopic (exact) mass is 1250 g/mol. The molecule has 0 radical (unpaired) electrons. The highest BCUT2D eigenvalue weighted by Gasteiger charge is 2.22. The number of quaternary nitrogens is 1. The van der Waals surface area contributed by atoms with E-state index in [1.54, 1.807) is 0 Å². The summed E-state index contributed by atoms with van der Waals surface area (Å²) in [6.07, 6.45) is 95.0. The van der Waals surface area contributed by atoms with Gasteiger partial charge in [-0.05, 0) is 77.0 Å². The van der Waals surface area contributed by atoms with E-state index in [1.165, 1.54) is 205 Å². The maximum Gasteiger partial charge on any atom is 0.306 e. The van der Waals surface area contributed by atoms with Crippen LogP contribution in [0, 0.1) is 0 Å². The Labute approximate surface area is 544 Å². The van der Waals surface area contributed by atoms with Gasteiger partial charge in [0.2, 0.25) is 0 Å². The number of rotatable bonds is 68. The van der Waals surface area contributed by atoms with E-state index in [0.29, 0.717) is 17.4 Å². The standard InChI is InChI=1S/C78H140NO8P/c1-6-8-10-12-14-16-18-20-22-24-26-28-30-32-34-36-38-39-41-43-45-47-49-51-53-55-57-59-61-63-65-67-69-71-78(81)87-76(75-86-88(82,83)85-73-72-79(3,4)5)74-84-77(80)70-68-66-64-62-60-58-56-54-52-50-48-46-44-42-40-37-35-33-31-29-27-25-23-21-19-17-15-13-11-9-7-2/h8,10,14,16,20,22,26,28,32,34,38-39,43,45,49,51,76H,6-7,9,11-13,15,17-19,21,23-25,27,29-31,33,35-37,40-42,44,46-48,50,52-75H2,1-5H3/b10-8-,16-14-,22-20-,28-26-,34-32-,39-38-,45-43-,51-49-. The predicted octanol–water partition coefficient (Wildman–Crippen LogP) is 23.6. The topological polar surface area (TPSA) is 111 Å². The minimum atomic E-state index is -4.65. The number of carbonyl (C=O) groups is 2. The molecule has 2 unspecified atom stereocenters. The molecule has 0 N–H and O–H groups in total. The Morgan fingerprint density at radius 3 is 0.966 bits per heavy atom. The van der Waals surface area contributed by atoms with Gasteiger partial charge in [0.05, 0.1) is 27.7 Å². The van der Waals surface area contributed by atoms with E-state index in [-0.39, 0.29) is 32.0 Å². The van der Waals surface area contributed by atoms with E-state index in [0.717, 1.165) is 96.3 Å². The van der Waals surface area contributed by atoms with Crippen molar-refractivity contribution in [1.82, 2.24) is 0 Å². The van der Waals surface area contributed by atoms with Crippen molar-refractivity contribution in [2.24, 2.45) is 0 Å². The Bertz CT molecular complexity index is 1810. The second kappa shape index (κ2) is 68.3. The number of hydrogen-bond donors (Lipinski definition) is 0. The number of nitrogens with zero attached hydrogens (tertiary/aromatic N) is 1. The van der Waals surface area contributed by atoms with E-state index < -0.39 is 26.5 Å². The lowest BCUT2D eigenvalue weighted by molar-refractivity contribution is -0.870.